The average Bonchev–Trinajstić information content (AvgIpc) is 2.67. The van der Waals surface area contributed by atoms with E-state index in [1.165, 1.54) is 6.42 Å². The minimum Gasteiger partial charge on any atom is -0.481 e. The van der Waals surface area contributed by atoms with E-state index in [2.05, 4.69) is 22.1 Å². The van der Waals surface area contributed by atoms with Crippen molar-refractivity contribution in [2.45, 2.75) is 51.9 Å². The van der Waals surface area contributed by atoms with E-state index in [0.717, 1.165) is 42.5 Å². The molecule has 30 heavy (non-hydrogen) atoms. The number of aliphatic carboxylic acids is 1. The topological polar surface area (TPSA) is 106 Å². The minimum absolute atomic E-state index is 0.0724. The zero-order chi connectivity index (χ0) is 21.2. The fraction of sp³-hybridized carbons (Fsp3) is 0.500. The number of carboxylic acids is 1. The summed E-state index contributed by atoms with van der Waals surface area (Å²) >= 11 is 0. The molecule has 6 rings (SSSR count). The van der Waals surface area contributed by atoms with Gasteiger partial charge in [-0.15, -0.1) is 0 Å². The Balaban J connectivity index is 1.52. The number of nitrogens with two attached hydrogens (primary N) is 1. The van der Waals surface area contributed by atoms with Gasteiger partial charge in [-0.2, -0.15) is 0 Å². The van der Waals surface area contributed by atoms with Crippen LogP contribution in [0, 0.1) is 37.0 Å². The van der Waals surface area contributed by atoms with Gasteiger partial charge in [-0.25, -0.2) is 4.98 Å². The number of carbonyl (C=O) groups excluding carboxylic acids is 1. The molecule has 6 nitrogen and oxygen atoms in total. The van der Waals surface area contributed by atoms with E-state index in [1.54, 1.807) is 6.92 Å². The molecule has 0 radical (unpaired) electrons. The Labute approximate surface area is 175 Å². The fourth-order valence-electron chi connectivity index (χ4n) is 6.93. The molecule has 4 bridgehead atoms. The molecule has 6 heteroatoms. The third kappa shape index (κ3) is 2.76. The molecule has 1 aromatic carbocycles. The van der Waals surface area contributed by atoms with Gasteiger partial charge in [0.25, 0.3) is 5.91 Å². The second-order valence-corrected chi connectivity index (χ2v) is 9.62. The molecule has 2 aromatic rings. The van der Waals surface area contributed by atoms with Gasteiger partial charge < -0.3 is 10.8 Å². The molecule has 0 saturated heterocycles. The van der Waals surface area contributed by atoms with Crippen LogP contribution in [0.2, 0.25) is 0 Å². The Morgan fingerprint density at radius 1 is 1.00 bits per heavy atom. The van der Waals surface area contributed by atoms with Crippen LogP contribution in [0.3, 0.4) is 0 Å². The van der Waals surface area contributed by atoms with Crippen molar-refractivity contribution in [2.24, 2.45) is 28.9 Å². The molecule has 1 aromatic heterocycles. The molecule has 1 heterocycles. The second-order valence-electron chi connectivity index (χ2n) is 9.62. The average molecular weight is 405 g/mol. The zero-order valence-corrected chi connectivity index (χ0v) is 17.4. The number of hydrogen-bond acceptors (Lipinski definition) is 4. The van der Waals surface area contributed by atoms with Crippen LogP contribution in [-0.4, -0.2) is 27.0 Å². The summed E-state index contributed by atoms with van der Waals surface area (Å²) in [6, 6.07) is 8.07. The van der Waals surface area contributed by atoms with E-state index in [4.69, 9.17) is 5.73 Å². The summed E-state index contributed by atoms with van der Waals surface area (Å²) in [6.07, 6.45) is 5.15. The molecule has 1 amide bonds. The number of primary amides is 1. The van der Waals surface area contributed by atoms with Gasteiger partial charge in [0.15, 0.2) is 0 Å². The Morgan fingerprint density at radius 3 is 2.20 bits per heavy atom. The van der Waals surface area contributed by atoms with Gasteiger partial charge in [-0.05, 0) is 69.3 Å². The van der Waals surface area contributed by atoms with Gasteiger partial charge in [0, 0.05) is 11.5 Å². The molecule has 0 spiro atoms. The molecular weight excluding hydrogens is 378 g/mol. The van der Waals surface area contributed by atoms with Crippen molar-refractivity contribution >= 4 is 11.9 Å². The maximum atomic E-state index is 12.4. The molecule has 4 aliphatic rings. The van der Waals surface area contributed by atoms with E-state index < -0.39 is 17.3 Å². The van der Waals surface area contributed by atoms with Crippen molar-refractivity contribution in [2.75, 3.05) is 0 Å². The van der Waals surface area contributed by atoms with E-state index in [0.29, 0.717) is 29.1 Å². The quantitative estimate of drug-likeness (QED) is 0.803. The first-order chi connectivity index (χ1) is 14.3. The van der Waals surface area contributed by atoms with Crippen LogP contribution in [0.1, 0.15) is 65.5 Å². The van der Waals surface area contributed by atoms with Crippen LogP contribution in [0.4, 0.5) is 0 Å². The highest BCUT2D eigenvalue weighted by Crippen LogP contribution is 2.66. The largest absolute Gasteiger partial charge is 0.481 e. The Bertz CT molecular complexity index is 1030. The summed E-state index contributed by atoms with van der Waals surface area (Å²) in [5.41, 5.74) is 8.89. The van der Waals surface area contributed by atoms with Crippen LogP contribution in [-0.2, 0) is 4.79 Å². The maximum absolute atomic E-state index is 12.4. The Kier molecular flexibility index (Phi) is 4.24. The van der Waals surface area contributed by atoms with Gasteiger partial charge in [0.05, 0.1) is 22.5 Å². The number of amides is 1. The molecule has 4 saturated carbocycles. The van der Waals surface area contributed by atoms with Crippen LogP contribution < -0.4 is 5.73 Å². The van der Waals surface area contributed by atoms with Crippen molar-refractivity contribution < 1.29 is 14.7 Å². The van der Waals surface area contributed by atoms with Gasteiger partial charge in [0.1, 0.15) is 5.69 Å². The predicted octanol–water partition coefficient (Wildman–Crippen LogP) is 3.85. The second kappa shape index (κ2) is 6.62. The number of nitrogens with zero attached hydrogens (tertiary/aromatic N) is 2. The van der Waals surface area contributed by atoms with Crippen molar-refractivity contribution in [1.82, 2.24) is 9.97 Å². The summed E-state index contributed by atoms with van der Waals surface area (Å²) in [5, 5.41) is 10.2. The summed E-state index contributed by atoms with van der Waals surface area (Å²) in [7, 11) is 0. The third-order valence-electron chi connectivity index (χ3n) is 7.76. The third-order valence-corrected chi connectivity index (χ3v) is 7.76. The SMILES string of the molecule is Cc1nc(C)c(-c2ccc(C3C4CC5CC(C4)CC3(C(=O)O)C5)cc2)nc1C(N)=O. The standard InChI is InChI=1S/C24H27N3O3/c1-12-20(27-21(22(25)28)13(2)26-12)17-5-3-16(4-6-17)19-18-8-14-7-15(9-18)11-24(19,10-14)23(29)30/h3-6,14-15,18-19H,7-11H2,1-2H3,(H2,25,28)(H,29,30). The number of aromatic nitrogens is 2. The number of hydrogen-bond donors (Lipinski definition) is 2. The number of benzene rings is 1. The molecule has 3 unspecified atom stereocenters. The molecular formula is C24H27N3O3. The Hall–Kier alpha value is -2.76. The first kappa shape index (κ1) is 19.2. The van der Waals surface area contributed by atoms with Gasteiger partial charge in [0.2, 0.25) is 0 Å². The molecule has 4 fully saturated rings. The van der Waals surface area contributed by atoms with Crippen LogP contribution in [0.5, 0.6) is 0 Å². The highest BCUT2D eigenvalue weighted by molar-refractivity contribution is 5.92. The van der Waals surface area contributed by atoms with Gasteiger partial charge in [-0.3, -0.25) is 14.6 Å². The van der Waals surface area contributed by atoms with Crippen LogP contribution in [0.25, 0.3) is 11.3 Å². The summed E-state index contributed by atoms with van der Waals surface area (Å²) in [6.45, 7) is 3.59. The molecule has 3 atom stereocenters. The van der Waals surface area contributed by atoms with Crippen LogP contribution >= 0.6 is 0 Å². The normalized spacial score (nSPS) is 31.7. The summed E-state index contributed by atoms with van der Waals surface area (Å²) in [4.78, 5) is 33.0. The first-order valence-corrected chi connectivity index (χ1v) is 10.8. The smallest absolute Gasteiger partial charge is 0.310 e. The number of aryl methyl sites for hydroxylation is 2. The Morgan fingerprint density at radius 2 is 1.63 bits per heavy atom. The van der Waals surface area contributed by atoms with E-state index in [-0.39, 0.29) is 11.6 Å². The zero-order valence-electron chi connectivity index (χ0n) is 17.4. The summed E-state index contributed by atoms with van der Waals surface area (Å²) in [5.74, 6) is 0.472. The lowest BCUT2D eigenvalue weighted by atomic mass is 9.44. The van der Waals surface area contributed by atoms with Crippen molar-refractivity contribution in [3.63, 3.8) is 0 Å². The fourth-order valence-corrected chi connectivity index (χ4v) is 6.93. The predicted molar refractivity (Wildman–Crippen MR) is 112 cm³/mol. The minimum atomic E-state index is -0.623. The van der Waals surface area contributed by atoms with Crippen molar-refractivity contribution in [1.29, 1.82) is 0 Å². The van der Waals surface area contributed by atoms with Crippen LogP contribution in [0.15, 0.2) is 24.3 Å². The van der Waals surface area contributed by atoms with Gasteiger partial charge in [-0.1, -0.05) is 24.3 Å². The van der Waals surface area contributed by atoms with Crippen molar-refractivity contribution in [3.8, 4) is 11.3 Å². The number of carbonyl (C=O) groups is 2. The van der Waals surface area contributed by atoms with E-state index in [9.17, 15) is 14.7 Å². The van der Waals surface area contributed by atoms with E-state index >= 15 is 0 Å². The van der Waals surface area contributed by atoms with Gasteiger partial charge >= 0.3 is 5.97 Å². The monoisotopic (exact) mass is 405 g/mol. The molecule has 3 N–H and O–H groups in total. The number of rotatable bonds is 4. The molecule has 0 aliphatic heterocycles. The van der Waals surface area contributed by atoms with Crippen molar-refractivity contribution in [3.05, 3.63) is 46.9 Å². The highest BCUT2D eigenvalue weighted by Gasteiger charge is 2.61. The molecule has 4 aliphatic carbocycles. The summed E-state index contributed by atoms with van der Waals surface area (Å²) < 4.78 is 0. The first-order valence-electron chi connectivity index (χ1n) is 10.8. The lowest BCUT2D eigenvalue weighted by Gasteiger charge is -2.59. The molecule has 156 valence electrons. The number of carboxylic acid groups (broad SMARTS) is 1. The van der Waals surface area contributed by atoms with E-state index in [1.807, 2.05) is 19.1 Å². The lowest BCUT2D eigenvalue weighted by molar-refractivity contribution is -0.169. The highest BCUT2D eigenvalue weighted by atomic mass is 16.4. The lowest BCUT2D eigenvalue weighted by Crippen LogP contribution is -2.55. The maximum Gasteiger partial charge on any atom is 0.310 e.